The van der Waals surface area contributed by atoms with Gasteiger partial charge in [0.05, 0.1) is 5.02 Å². The fourth-order valence-corrected chi connectivity index (χ4v) is 3.78. The molecule has 5 heteroatoms. The lowest BCUT2D eigenvalue weighted by atomic mass is 10.1. The first-order chi connectivity index (χ1) is 13.1. The van der Waals surface area contributed by atoms with Gasteiger partial charge in [0, 0.05) is 31.2 Å². The number of benzene rings is 3. The topological polar surface area (TPSA) is 32.3 Å². The molecule has 1 fully saturated rings. The Hall–Kier alpha value is -2.43. The molecule has 1 amide bonds. The monoisotopic (exact) mass is 382 g/mol. The van der Waals surface area contributed by atoms with Crippen molar-refractivity contribution in [2.75, 3.05) is 13.1 Å². The van der Waals surface area contributed by atoms with Gasteiger partial charge < -0.3 is 5.32 Å². The lowest BCUT2D eigenvalue weighted by Gasteiger charge is -2.17. The highest BCUT2D eigenvalue weighted by Crippen LogP contribution is 2.20. The van der Waals surface area contributed by atoms with Gasteiger partial charge in [-0.15, -0.1) is 0 Å². The molecule has 1 saturated heterocycles. The maximum Gasteiger partial charge on any atom is 0.251 e. The standard InChI is InChI=1S/C22H20ClFN2O/c23-20-12-18(7-8-21(20)24)22(27)25-19-9-10-26(14-19)13-15-5-6-16-3-1-2-4-17(16)11-15/h1-8,11-12,19H,9-10,13-14H2,(H,25,27)/t19-/m1/s1. The second kappa shape index (κ2) is 7.67. The average Bonchev–Trinajstić information content (AvgIpc) is 3.10. The van der Waals surface area contributed by atoms with Gasteiger partial charge in [-0.05, 0) is 47.0 Å². The molecular weight excluding hydrogens is 363 g/mol. The first-order valence-electron chi connectivity index (χ1n) is 9.04. The van der Waals surface area contributed by atoms with Crippen molar-refractivity contribution in [2.24, 2.45) is 0 Å². The van der Waals surface area contributed by atoms with Crippen molar-refractivity contribution >= 4 is 28.3 Å². The predicted molar refractivity (Wildman–Crippen MR) is 107 cm³/mol. The normalized spacial score (nSPS) is 17.3. The van der Waals surface area contributed by atoms with Crippen LogP contribution in [0, 0.1) is 5.82 Å². The summed E-state index contributed by atoms with van der Waals surface area (Å²) >= 11 is 5.77. The van der Waals surface area contributed by atoms with Crippen molar-refractivity contribution in [3.63, 3.8) is 0 Å². The number of nitrogens with zero attached hydrogens (tertiary/aromatic N) is 1. The van der Waals surface area contributed by atoms with E-state index in [-0.39, 0.29) is 17.0 Å². The lowest BCUT2D eigenvalue weighted by Crippen LogP contribution is -2.37. The third kappa shape index (κ3) is 4.12. The molecule has 4 rings (SSSR count). The van der Waals surface area contributed by atoms with Crippen molar-refractivity contribution in [1.29, 1.82) is 0 Å². The Morgan fingerprint density at radius 3 is 2.74 bits per heavy atom. The number of carbonyl (C=O) groups excluding carboxylic acids is 1. The zero-order valence-electron chi connectivity index (χ0n) is 14.8. The Kier molecular flexibility index (Phi) is 5.10. The second-order valence-corrected chi connectivity index (χ2v) is 7.41. The quantitative estimate of drug-likeness (QED) is 0.713. The second-order valence-electron chi connectivity index (χ2n) is 7.00. The Morgan fingerprint density at radius 1 is 1.11 bits per heavy atom. The highest BCUT2D eigenvalue weighted by atomic mass is 35.5. The zero-order chi connectivity index (χ0) is 18.8. The summed E-state index contributed by atoms with van der Waals surface area (Å²) in [6, 6.07) is 19.0. The number of halogens is 2. The minimum absolute atomic E-state index is 0.0352. The predicted octanol–water partition coefficient (Wildman–Crippen LogP) is 4.64. The number of hydrogen-bond acceptors (Lipinski definition) is 2. The molecule has 3 nitrogen and oxygen atoms in total. The van der Waals surface area contributed by atoms with Crippen LogP contribution in [0.25, 0.3) is 10.8 Å². The van der Waals surface area contributed by atoms with E-state index in [9.17, 15) is 9.18 Å². The number of rotatable bonds is 4. The molecule has 27 heavy (non-hydrogen) atoms. The molecule has 0 spiro atoms. The summed E-state index contributed by atoms with van der Waals surface area (Å²) in [6.45, 7) is 2.59. The van der Waals surface area contributed by atoms with E-state index in [0.717, 1.165) is 26.1 Å². The first-order valence-corrected chi connectivity index (χ1v) is 9.42. The van der Waals surface area contributed by atoms with Crippen LogP contribution in [0.1, 0.15) is 22.3 Å². The minimum atomic E-state index is -0.518. The molecule has 0 bridgehead atoms. The van der Waals surface area contributed by atoms with Crippen molar-refractivity contribution in [2.45, 2.75) is 19.0 Å². The van der Waals surface area contributed by atoms with E-state index < -0.39 is 5.82 Å². The summed E-state index contributed by atoms with van der Waals surface area (Å²) in [6.07, 6.45) is 0.897. The summed E-state index contributed by atoms with van der Waals surface area (Å²) in [5.41, 5.74) is 1.65. The van der Waals surface area contributed by atoms with Gasteiger partial charge in [0.2, 0.25) is 0 Å². The molecule has 0 saturated carbocycles. The molecule has 0 unspecified atom stereocenters. The summed E-state index contributed by atoms with van der Waals surface area (Å²) in [5, 5.41) is 5.47. The Balaban J connectivity index is 1.36. The number of hydrogen-bond donors (Lipinski definition) is 1. The lowest BCUT2D eigenvalue weighted by molar-refractivity contribution is 0.0937. The van der Waals surface area contributed by atoms with Crippen LogP contribution in [0.15, 0.2) is 60.7 Å². The molecule has 1 aliphatic heterocycles. The largest absolute Gasteiger partial charge is 0.348 e. The number of amides is 1. The SMILES string of the molecule is O=C(N[C@@H]1CCN(Cc2ccc3ccccc3c2)C1)c1ccc(F)c(Cl)c1. The van der Waals surface area contributed by atoms with Crippen LogP contribution in [-0.4, -0.2) is 29.9 Å². The van der Waals surface area contributed by atoms with Gasteiger partial charge >= 0.3 is 0 Å². The van der Waals surface area contributed by atoms with E-state index in [1.54, 1.807) is 0 Å². The molecule has 0 radical (unpaired) electrons. The van der Waals surface area contributed by atoms with Gasteiger partial charge in [-0.1, -0.05) is 48.0 Å². The number of fused-ring (bicyclic) bond motifs is 1. The maximum absolute atomic E-state index is 13.3. The Morgan fingerprint density at radius 2 is 1.93 bits per heavy atom. The van der Waals surface area contributed by atoms with E-state index in [4.69, 9.17) is 11.6 Å². The van der Waals surface area contributed by atoms with Crippen LogP contribution < -0.4 is 5.32 Å². The Labute approximate surface area is 162 Å². The summed E-state index contributed by atoms with van der Waals surface area (Å²) in [4.78, 5) is 14.7. The van der Waals surface area contributed by atoms with Crippen LogP contribution in [-0.2, 0) is 6.54 Å². The van der Waals surface area contributed by atoms with E-state index in [0.29, 0.717) is 5.56 Å². The molecule has 1 aliphatic rings. The van der Waals surface area contributed by atoms with Crippen molar-refractivity contribution < 1.29 is 9.18 Å². The molecule has 3 aromatic carbocycles. The van der Waals surface area contributed by atoms with Gasteiger partial charge in [0.15, 0.2) is 0 Å². The molecule has 1 heterocycles. The number of carbonyl (C=O) groups is 1. The number of likely N-dealkylation sites (tertiary alicyclic amines) is 1. The third-order valence-electron chi connectivity index (χ3n) is 5.01. The summed E-state index contributed by atoms with van der Waals surface area (Å²) in [5.74, 6) is -0.731. The molecule has 138 valence electrons. The highest BCUT2D eigenvalue weighted by molar-refractivity contribution is 6.31. The highest BCUT2D eigenvalue weighted by Gasteiger charge is 2.24. The van der Waals surface area contributed by atoms with Crippen LogP contribution >= 0.6 is 11.6 Å². The Bertz CT molecular complexity index is 991. The third-order valence-corrected chi connectivity index (χ3v) is 5.30. The maximum atomic E-state index is 13.3. The van der Waals surface area contributed by atoms with Gasteiger partial charge in [-0.25, -0.2) is 4.39 Å². The molecule has 1 N–H and O–H groups in total. The first kappa shape index (κ1) is 18.0. The van der Waals surface area contributed by atoms with E-state index >= 15 is 0 Å². The van der Waals surface area contributed by atoms with Gasteiger partial charge in [0.25, 0.3) is 5.91 Å². The van der Waals surface area contributed by atoms with Crippen LogP contribution in [0.5, 0.6) is 0 Å². The minimum Gasteiger partial charge on any atom is -0.348 e. The summed E-state index contributed by atoms with van der Waals surface area (Å²) in [7, 11) is 0. The van der Waals surface area contributed by atoms with Crippen LogP contribution in [0.2, 0.25) is 5.02 Å². The zero-order valence-corrected chi connectivity index (χ0v) is 15.5. The van der Waals surface area contributed by atoms with Gasteiger partial charge in [0.1, 0.15) is 5.82 Å². The molecule has 3 aromatic rings. The number of nitrogens with one attached hydrogen (secondary N) is 1. The van der Waals surface area contributed by atoms with E-state index in [2.05, 4.69) is 46.6 Å². The van der Waals surface area contributed by atoms with Gasteiger partial charge in [-0.2, -0.15) is 0 Å². The molecule has 0 aliphatic carbocycles. The van der Waals surface area contributed by atoms with E-state index in [1.807, 2.05) is 6.07 Å². The summed E-state index contributed by atoms with van der Waals surface area (Å²) < 4.78 is 13.3. The molecule has 1 atom stereocenters. The smallest absolute Gasteiger partial charge is 0.251 e. The molecular formula is C22H20ClFN2O. The fraction of sp³-hybridized carbons (Fsp3) is 0.227. The van der Waals surface area contributed by atoms with Crippen LogP contribution in [0.4, 0.5) is 4.39 Å². The average molecular weight is 383 g/mol. The van der Waals surface area contributed by atoms with Crippen molar-refractivity contribution in [3.05, 3.63) is 82.6 Å². The van der Waals surface area contributed by atoms with Crippen molar-refractivity contribution in [3.8, 4) is 0 Å². The van der Waals surface area contributed by atoms with Gasteiger partial charge in [-0.3, -0.25) is 9.69 Å². The van der Waals surface area contributed by atoms with Crippen LogP contribution in [0.3, 0.4) is 0 Å². The fourth-order valence-electron chi connectivity index (χ4n) is 3.60. The molecule has 0 aromatic heterocycles. The van der Waals surface area contributed by atoms with Crippen molar-refractivity contribution in [1.82, 2.24) is 10.2 Å². The van der Waals surface area contributed by atoms with E-state index in [1.165, 1.54) is 34.5 Å².